The molecule has 0 unspecified atom stereocenters. The lowest BCUT2D eigenvalue weighted by atomic mass is 10.2. The van der Waals surface area contributed by atoms with Gasteiger partial charge < -0.3 is 4.74 Å². The number of carbonyl (C=O) groups is 1. The first-order valence-electron chi connectivity index (χ1n) is 5.88. The fourth-order valence-corrected chi connectivity index (χ4v) is 3.77. The highest BCUT2D eigenvalue weighted by atomic mass is 32.2. The molecule has 1 aliphatic heterocycles. The predicted molar refractivity (Wildman–Crippen MR) is 73.4 cm³/mol. The summed E-state index contributed by atoms with van der Waals surface area (Å²) in [5.41, 5.74) is 0.459. The van der Waals surface area contributed by atoms with Crippen molar-refractivity contribution in [2.45, 2.75) is 4.90 Å². The molecule has 1 heterocycles. The number of hydrogen-bond acceptors (Lipinski definition) is 4. The number of amides is 1. The van der Waals surface area contributed by atoms with E-state index >= 15 is 0 Å². The Morgan fingerprint density at radius 1 is 1.05 bits per heavy atom. The van der Waals surface area contributed by atoms with E-state index in [0.29, 0.717) is 5.75 Å². The number of fused-ring (bicyclic) bond motifs is 1. The van der Waals surface area contributed by atoms with Crippen molar-refractivity contribution in [3.63, 3.8) is 0 Å². The van der Waals surface area contributed by atoms with Gasteiger partial charge in [-0.15, -0.1) is 0 Å². The van der Waals surface area contributed by atoms with E-state index in [2.05, 4.69) is 0 Å². The van der Waals surface area contributed by atoms with Gasteiger partial charge in [0.15, 0.2) is 0 Å². The zero-order chi connectivity index (χ0) is 14.3. The Morgan fingerprint density at radius 3 is 2.50 bits per heavy atom. The van der Waals surface area contributed by atoms with E-state index in [1.807, 2.05) is 0 Å². The third-order valence-corrected chi connectivity index (χ3v) is 4.88. The van der Waals surface area contributed by atoms with Crippen LogP contribution in [0, 0.1) is 0 Å². The van der Waals surface area contributed by atoms with Gasteiger partial charge in [0.2, 0.25) is 0 Å². The van der Waals surface area contributed by atoms with E-state index in [9.17, 15) is 13.2 Å². The summed E-state index contributed by atoms with van der Waals surface area (Å²) < 4.78 is 30.8. The van der Waals surface area contributed by atoms with Crippen molar-refractivity contribution in [3.05, 3.63) is 54.1 Å². The standard InChI is InChI=1S/C14H11NO4S/c1-19-11-6-4-5-10(9-11)15-14(16)12-7-2-3-8-13(12)20(15,17)18/h2-9H,1H3. The average molecular weight is 289 g/mol. The highest BCUT2D eigenvalue weighted by Crippen LogP contribution is 2.35. The van der Waals surface area contributed by atoms with Crippen molar-refractivity contribution in [1.82, 2.24) is 0 Å². The summed E-state index contributed by atoms with van der Waals surface area (Å²) in [6, 6.07) is 12.6. The van der Waals surface area contributed by atoms with Crippen LogP contribution in [0.25, 0.3) is 0 Å². The van der Waals surface area contributed by atoms with Crippen LogP contribution in [0.2, 0.25) is 0 Å². The van der Waals surface area contributed by atoms with Crippen LogP contribution in [-0.2, 0) is 10.0 Å². The number of nitrogens with zero attached hydrogens (tertiary/aromatic N) is 1. The van der Waals surface area contributed by atoms with Gasteiger partial charge in [-0.1, -0.05) is 18.2 Å². The van der Waals surface area contributed by atoms with E-state index in [0.717, 1.165) is 4.31 Å². The normalized spacial score (nSPS) is 16.1. The molecule has 0 spiro atoms. The highest BCUT2D eigenvalue weighted by molar-refractivity contribution is 7.94. The molecular formula is C14H11NO4S. The van der Waals surface area contributed by atoms with Gasteiger partial charge in [-0.25, -0.2) is 8.42 Å². The zero-order valence-corrected chi connectivity index (χ0v) is 11.4. The van der Waals surface area contributed by atoms with Crippen LogP contribution in [0.4, 0.5) is 5.69 Å². The number of ether oxygens (including phenoxy) is 1. The molecule has 102 valence electrons. The number of rotatable bonds is 2. The van der Waals surface area contributed by atoms with Gasteiger partial charge in [-0.2, -0.15) is 4.31 Å². The van der Waals surface area contributed by atoms with E-state index in [1.165, 1.54) is 25.3 Å². The molecule has 2 aromatic rings. The molecule has 6 heteroatoms. The maximum atomic E-state index is 12.5. The molecule has 0 aliphatic carbocycles. The van der Waals surface area contributed by atoms with Crippen LogP contribution in [0.5, 0.6) is 5.75 Å². The van der Waals surface area contributed by atoms with Gasteiger partial charge in [-0.3, -0.25) is 4.79 Å². The first kappa shape index (κ1) is 12.7. The Kier molecular flexibility index (Phi) is 2.76. The Bertz CT molecular complexity index is 798. The van der Waals surface area contributed by atoms with Crippen molar-refractivity contribution in [2.75, 3.05) is 11.4 Å². The molecule has 1 amide bonds. The van der Waals surface area contributed by atoms with Crippen LogP contribution in [0.15, 0.2) is 53.4 Å². The molecule has 5 nitrogen and oxygen atoms in total. The van der Waals surface area contributed by atoms with Crippen LogP contribution in [0.3, 0.4) is 0 Å². The number of benzene rings is 2. The molecule has 1 aliphatic rings. The van der Waals surface area contributed by atoms with Crippen molar-refractivity contribution in [3.8, 4) is 5.75 Å². The average Bonchev–Trinajstić information content (AvgIpc) is 2.67. The minimum atomic E-state index is -3.85. The minimum absolute atomic E-state index is 0.0350. The van der Waals surface area contributed by atoms with E-state index in [1.54, 1.807) is 30.3 Å². The number of anilines is 1. The molecule has 0 bridgehead atoms. The molecule has 3 rings (SSSR count). The van der Waals surface area contributed by atoms with Crippen LogP contribution < -0.4 is 9.04 Å². The molecule has 0 saturated heterocycles. The van der Waals surface area contributed by atoms with Gasteiger partial charge in [0.25, 0.3) is 15.9 Å². The maximum Gasteiger partial charge on any atom is 0.273 e. The molecular weight excluding hydrogens is 278 g/mol. The lowest BCUT2D eigenvalue weighted by molar-refractivity contribution is 0.101. The van der Waals surface area contributed by atoms with Gasteiger partial charge in [0.1, 0.15) is 10.6 Å². The first-order valence-corrected chi connectivity index (χ1v) is 7.32. The van der Waals surface area contributed by atoms with Gasteiger partial charge in [0, 0.05) is 6.07 Å². The molecule has 0 N–H and O–H groups in total. The molecule has 20 heavy (non-hydrogen) atoms. The Balaban J connectivity index is 2.19. The lowest BCUT2D eigenvalue weighted by Crippen LogP contribution is -2.29. The fourth-order valence-electron chi connectivity index (χ4n) is 2.18. The van der Waals surface area contributed by atoms with Crippen molar-refractivity contribution in [1.29, 1.82) is 0 Å². The number of sulfonamides is 1. The van der Waals surface area contributed by atoms with Gasteiger partial charge >= 0.3 is 0 Å². The molecule has 0 radical (unpaired) electrons. The molecule has 2 aromatic carbocycles. The molecule has 0 atom stereocenters. The maximum absolute atomic E-state index is 12.5. The third kappa shape index (κ3) is 1.69. The van der Waals surface area contributed by atoms with E-state index < -0.39 is 15.9 Å². The number of hydrogen-bond donors (Lipinski definition) is 0. The summed E-state index contributed by atoms with van der Waals surface area (Å²) in [6.45, 7) is 0. The zero-order valence-electron chi connectivity index (χ0n) is 10.6. The van der Waals surface area contributed by atoms with Crippen LogP contribution in [0.1, 0.15) is 10.4 Å². The van der Waals surface area contributed by atoms with Crippen molar-refractivity contribution >= 4 is 21.6 Å². The summed E-state index contributed by atoms with van der Waals surface area (Å²) >= 11 is 0. The summed E-state index contributed by atoms with van der Waals surface area (Å²) in [5, 5.41) is 0. The highest BCUT2D eigenvalue weighted by Gasteiger charge is 2.41. The summed E-state index contributed by atoms with van der Waals surface area (Å²) in [6.07, 6.45) is 0. The second-order valence-corrected chi connectivity index (χ2v) is 6.03. The number of methoxy groups -OCH3 is 1. The van der Waals surface area contributed by atoms with E-state index in [-0.39, 0.29) is 16.1 Å². The summed E-state index contributed by atoms with van der Waals surface area (Å²) in [4.78, 5) is 12.4. The monoisotopic (exact) mass is 289 g/mol. The summed E-state index contributed by atoms with van der Waals surface area (Å²) in [7, 11) is -2.37. The Morgan fingerprint density at radius 2 is 1.80 bits per heavy atom. The van der Waals surface area contributed by atoms with Crippen LogP contribution >= 0.6 is 0 Å². The van der Waals surface area contributed by atoms with E-state index in [4.69, 9.17) is 4.74 Å². The molecule has 0 fully saturated rings. The smallest absolute Gasteiger partial charge is 0.273 e. The van der Waals surface area contributed by atoms with Crippen LogP contribution in [-0.4, -0.2) is 21.4 Å². The number of carbonyl (C=O) groups excluding carboxylic acids is 1. The first-order chi connectivity index (χ1) is 9.55. The molecule has 0 aromatic heterocycles. The quantitative estimate of drug-likeness (QED) is 0.848. The Hall–Kier alpha value is -2.34. The van der Waals surface area contributed by atoms with Crippen molar-refractivity contribution < 1.29 is 17.9 Å². The van der Waals surface area contributed by atoms with Gasteiger partial charge in [-0.05, 0) is 24.3 Å². The largest absolute Gasteiger partial charge is 0.497 e. The third-order valence-electron chi connectivity index (χ3n) is 3.11. The second kappa shape index (κ2) is 4.35. The van der Waals surface area contributed by atoms with Crippen molar-refractivity contribution in [2.24, 2.45) is 0 Å². The fraction of sp³-hybridized carbons (Fsp3) is 0.0714. The Labute approximate surface area is 116 Å². The lowest BCUT2D eigenvalue weighted by Gasteiger charge is -2.15. The van der Waals surface area contributed by atoms with Gasteiger partial charge in [0.05, 0.1) is 18.4 Å². The SMILES string of the molecule is COc1cccc(N2C(=O)c3ccccc3S2(=O)=O)c1. The second-order valence-electron chi connectivity index (χ2n) is 4.27. The predicted octanol–water partition coefficient (Wildman–Crippen LogP) is 2.04. The summed E-state index contributed by atoms with van der Waals surface area (Å²) in [5.74, 6) is -0.0599. The minimum Gasteiger partial charge on any atom is -0.497 e. The molecule has 0 saturated carbocycles. The topological polar surface area (TPSA) is 63.7 Å².